The number of piperidine rings is 1. The number of carbonyl (C=O) groups is 4. The van der Waals surface area contributed by atoms with E-state index < -0.39 is 11.9 Å². The van der Waals surface area contributed by atoms with Crippen LogP contribution in [0.2, 0.25) is 0 Å². The Bertz CT molecular complexity index is 1370. The molecular weight excluding hydrogens is 420 g/mol. The highest BCUT2D eigenvalue weighted by molar-refractivity contribution is 6.09. The summed E-state index contributed by atoms with van der Waals surface area (Å²) in [4.78, 5) is 54.3. The van der Waals surface area contributed by atoms with Gasteiger partial charge in [0.1, 0.15) is 11.7 Å². The summed E-state index contributed by atoms with van der Waals surface area (Å²) < 4.78 is 0. The second-order valence-corrected chi connectivity index (χ2v) is 8.86. The van der Waals surface area contributed by atoms with Crippen LogP contribution in [0.3, 0.4) is 0 Å². The van der Waals surface area contributed by atoms with E-state index in [0.717, 1.165) is 33.2 Å². The lowest BCUT2D eigenvalue weighted by molar-refractivity contribution is -0.136. The molecule has 0 saturated carbocycles. The predicted molar refractivity (Wildman–Crippen MR) is 123 cm³/mol. The zero-order chi connectivity index (χ0) is 23.4. The van der Waals surface area contributed by atoms with Crippen LogP contribution in [0.15, 0.2) is 30.3 Å². The number of hydrogen-bond donors (Lipinski definition) is 3. The molecule has 2 aromatic carbocycles. The van der Waals surface area contributed by atoms with Crippen molar-refractivity contribution in [2.75, 3.05) is 5.32 Å². The van der Waals surface area contributed by atoms with Crippen LogP contribution < -0.4 is 10.6 Å². The molecule has 1 aromatic heterocycles. The van der Waals surface area contributed by atoms with E-state index in [-0.39, 0.29) is 30.7 Å². The fraction of sp³-hybridized carbons (Fsp3) is 0.280. The maximum Gasteiger partial charge on any atom is 0.272 e. The third-order valence-corrected chi connectivity index (χ3v) is 6.52. The first-order valence-electron chi connectivity index (χ1n) is 10.9. The van der Waals surface area contributed by atoms with Gasteiger partial charge in [0, 0.05) is 35.1 Å². The van der Waals surface area contributed by atoms with E-state index in [0.29, 0.717) is 23.4 Å². The van der Waals surface area contributed by atoms with Crippen molar-refractivity contribution in [2.45, 2.75) is 46.2 Å². The van der Waals surface area contributed by atoms with Crippen molar-refractivity contribution in [1.29, 1.82) is 0 Å². The predicted octanol–water partition coefficient (Wildman–Crippen LogP) is 3.11. The molecule has 0 bridgehead atoms. The molecule has 1 atom stereocenters. The van der Waals surface area contributed by atoms with Gasteiger partial charge >= 0.3 is 0 Å². The maximum atomic E-state index is 13.0. The van der Waals surface area contributed by atoms with Crippen molar-refractivity contribution in [3.8, 4) is 0 Å². The molecule has 5 rings (SSSR count). The summed E-state index contributed by atoms with van der Waals surface area (Å²) in [5, 5.41) is 6.25. The van der Waals surface area contributed by atoms with Gasteiger partial charge in [0.15, 0.2) is 0 Å². The molecule has 0 radical (unpaired) electrons. The fourth-order valence-corrected chi connectivity index (χ4v) is 4.86. The zero-order valence-corrected chi connectivity index (χ0v) is 18.7. The van der Waals surface area contributed by atoms with E-state index in [1.807, 2.05) is 20.8 Å². The van der Waals surface area contributed by atoms with Gasteiger partial charge in [-0.25, -0.2) is 0 Å². The molecule has 8 heteroatoms. The summed E-state index contributed by atoms with van der Waals surface area (Å²) in [5.41, 5.74) is 6.36. The highest BCUT2D eigenvalue weighted by Crippen LogP contribution is 2.30. The monoisotopic (exact) mass is 444 g/mol. The van der Waals surface area contributed by atoms with Crippen molar-refractivity contribution in [1.82, 2.24) is 15.2 Å². The smallest absolute Gasteiger partial charge is 0.272 e. The number of aromatic amines is 1. The van der Waals surface area contributed by atoms with Crippen LogP contribution in [0.4, 0.5) is 5.69 Å². The number of fused-ring (bicyclic) bond motifs is 2. The second kappa shape index (κ2) is 7.58. The minimum atomic E-state index is -0.665. The summed E-state index contributed by atoms with van der Waals surface area (Å²) in [6, 6.07) is 8.60. The molecule has 0 spiro atoms. The quantitative estimate of drug-likeness (QED) is 0.539. The molecule has 2 aliphatic heterocycles. The summed E-state index contributed by atoms with van der Waals surface area (Å²) in [6.07, 6.45) is 0.521. The van der Waals surface area contributed by atoms with Crippen LogP contribution >= 0.6 is 0 Å². The number of benzene rings is 2. The number of imide groups is 1. The van der Waals surface area contributed by atoms with Gasteiger partial charge < -0.3 is 15.2 Å². The van der Waals surface area contributed by atoms with E-state index in [4.69, 9.17) is 0 Å². The standard InChI is InChI=1S/C25H24N4O4/c1-12-8-13(2)21-18(9-12)14(3)22(28-21)24(32)26-16-4-5-17-15(10-16)11-29(25(17)33)19-6-7-20(30)27-23(19)31/h4-5,8-10,19,28H,6-7,11H2,1-3H3,(H,26,32)(H,27,30,31). The molecule has 3 N–H and O–H groups in total. The Morgan fingerprint density at radius 2 is 1.88 bits per heavy atom. The average Bonchev–Trinajstić information content (AvgIpc) is 3.25. The molecule has 1 unspecified atom stereocenters. The number of anilines is 1. The van der Waals surface area contributed by atoms with Gasteiger partial charge in [-0.1, -0.05) is 11.6 Å². The highest BCUT2D eigenvalue weighted by atomic mass is 16.2. The van der Waals surface area contributed by atoms with E-state index >= 15 is 0 Å². The van der Waals surface area contributed by atoms with Gasteiger partial charge in [0.25, 0.3) is 11.8 Å². The minimum Gasteiger partial charge on any atom is -0.350 e. The number of amides is 4. The lowest BCUT2D eigenvalue weighted by atomic mass is 10.0. The van der Waals surface area contributed by atoms with Crippen molar-refractivity contribution in [2.24, 2.45) is 0 Å². The van der Waals surface area contributed by atoms with E-state index in [9.17, 15) is 19.2 Å². The number of nitrogens with zero attached hydrogens (tertiary/aromatic N) is 1. The van der Waals surface area contributed by atoms with Crippen LogP contribution in [0.25, 0.3) is 10.9 Å². The topological polar surface area (TPSA) is 111 Å². The largest absolute Gasteiger partial charge is 0.350 e. The van der Waals surface area contributed by atoms with Gasteiger partial charge in [0.05, 0.1) is 0 Å². The summed E-state index contributed by atoms with van der Waals surface area (Å²) in [6.45, 7) is 6.22. The van der Waals surface area contributed by atoms with Crippen LogP contribution in [-0.2, 0) is 16.1 Å². The number of aromatic nitrogens is 1. The molecule has 3 heterocycles. The van der Waals surface area contributed by atoms with Crippen LogP contribution in [-0.4, -0.2) is 39.6 Å². The highest BCUT2D eigenvalue weighted by Gasteiger charge is 2.39. The van der Waals surface area contributed by atoms with Crippen molar-refractivity contribution in [3.63, 3.8) is 0 Å². The van der Waals surface area contributed by atoms with E-state index in [2.05, 4.69) is 27.8 Å². The Morgan fingerprint density at radius 1 is 1.09 bits per heavy atom. The molecule has 168 valence electrons. The molecule has 33 heavy (non-hydrogen) atoms. The Kier molecular flexibility index (Phi) is 4.81. The number of carbonyl (C=O) groups excluding carboxylic acids is 4. The molecule has 1 fully saturated rings. The molecule has 4 amide bonds. The minimum absolute atomic E-state index is 0.209. The van der Waals surface area contributed by atoms with Gasteiger partial charge in [-0.15, -0.1) is 0 Å². The number of aryl methyl sites for hydroxylation is 3. The van der Waals surface area contributed by atoms with Crippen molar-refractivity contribution >= 4 is 40.2 Å². The normalized spacial score (nSPS) is 18.0. The summed E-state index contributed by atoms with van der Waals surface area (Å²) >= 11 is 0. The first kappa shape index (κ1) is 20.9. The van der Waals surface area contributed by atoms with Gasteiger partial charge in [-0.3, -0.25) is 24.5 Å². The lowest BCUT2D eigenvalue weighted by Gasteiger charge is -2.29. The second-order valence-electron chi connectivity index (χ2n) is 8.86. The third-order valence-electron chi connectivity index (χ3n) is 6.52. The van der Waals surface area contributed by atoms with Crippen LogP contribution in [0.1, 0.15) is 55.9 Å². The Hall–Kier alpha value is -3.94. The molecule has 1 saturated heterocycles. The zero-order valence-electron chi connectivity index (χ0n) is 18.7. The number of hydrogen-bond acceptors (Lipinski definition) is 4. The summed E-state index contributed by atoms with van der Waals surface area (Å²) in [5.74, 6) is -1.26. The van der Waals surface area contributed by atoms with Gasteiger partial charge in [-0.05, 0) is 68.1 Å². The number of H-pyrrole nitrogens is 1. The van der Waals surface area contributed by atoms with E-state index in [1.165, 1.54) is 4.90 Å². The number of rotatable bonds is 3. The van der Waals surface area contributed by atoms with Gasteiger partial charge in [-0.2, -0.15) is 0 Å². The van der Waals surface area contributed by atoms with Crippen LogP contribution in [0.5, 0.6) is 0 Å². The molecule has 0 aliphatic carbocycles. The third kappa shape index (κ3) is 3.47. The average molecular weight is 444 g/mol. The Balaban J connectivity index is 1.38. The lowest BCUT2D eigenvalue weighted by Crippen LogP contribution is -2.52. The molecular formula is C25H24N4O4. The fourth-order valence-electron chi connectivity index (χ4n) is 4.86. The van der Waals surface area contributed by atoms with Crippen molar-refractivity contribution < 1.29 is 19.2 Å². The van der Waals surface area contributed by atoms with Gasteiger partial charge in [0.2, 0.25) is 11.8 Å². The SMILES string of the molecule is Cc1cc(C)c2[nH]c(C(=O)Nc3ccc4c(c3)CN(C3CCC(=O)NC3=O)C4=O)c(C)c2c1. The maximum absolute atomic E-state index is 13.0. The first-order chi connectivity index (χ1) is 15.7. The Labute approximate surface area is 190 Å². The molecule has 2 aliphatic rings. The van der Waals surface area contributed by atoms with Crippen molar-refractivity contribution in [3.05, 3.63) is 63.8 Å². The summed E-state index contributed by atoms with van der Waals surface area (Å²) in [7, 11) is 0. The molecule has 8 nitrogen and oxygen atoms in total. The first-order valence-corrected chi connectivity index (χ1v) is 10.9. The molecule has 3 aromatic rings. The van der Waals surface area contributed by atoms with E-state index in [1.54, 1.807) is 18.2 Å². The van der Waals surface area contributed by atoms with Crippen LogP contribution in [0, 0.1) is 20.8 Å². The Morgan fingerprint density at radius 3 is 2.64 bits per heavy atom. The number of nitrogens with one attached hydrogen (secondary N) is 3.